The summed E-state index contributed by atoms with van der Waals surface area (Å²) in [7, 11) is 0. The van der Waals surface area contributed by atoms with E-state index in [9.17, 15) is 4.79 Å². The number of carbonyl (C=O) groups is 1. The van der Waals surface area contributed by atoms with Gasteiger partial charge in [0.25, 0.3) is 0 Å². The molecular weight excluding hydrogens is 166 g/mol. The number of rotatable bonds is 3. The Morgan fingerprint density at radius 2 is 2.46 bits per heavy atom. The summed E-state index contributed by atoms with van der Waals surface area (Å²) in [5.74, 6) is 0.630. The van der Waals surface area contributed by atoms with Crippen LogP contribution < -0.4 is 5.32 Å². The van der Waals surface area contributed by atoms with E-state index in [1.807, 2.05) is 0 Å². The molecule has 1 fully saturated rings. The van der Waals surface area contributed by atoms with E-state index in [2.05, 4.69) is 17.5 Å². The fourth-order valence-electron chi connectivity index (χ4n) is 2.30. The summed E-state index contributed by atoms with van der Waals surface area (Å²) < 4.78 is 0. The Morgan fingerprint density at radius 3 is 3.08 bits per heavy atom. The summed E-state index contributed by atoms with van der Waals surface area (Å²) in [6.07, 6.45) is 6.75. The van der Waals surface area contributed by atoms with E-state index in [-0.39, 0.29) is 0 Å². The van der Waals surface area contributed by atoms with Gasteiger partial charge >= 0.3 is 5.97 Å². The van der Waals surface area contributed by atoms with E-state index < -0.39 is 12.0 Å². The van der Waals surface area contributed by atoms with Gasteiger partial charge < -0.3 is 10.4 Å². The Labute approximate surface area is 77.8 Å². The molecule has 0 aliphatic heterocycles. The second kappa shape index (κ2) is 3.14. The highest BCUT2D eigenvalue weighted by molar-refractivity contribution is 5.72. The van der Waals surface area contributed by atoms with Crippen LogP contribution in [0.2, 0.25) is 0 Å². The first-order valence-corrected chi connectivity index (χ1v) is 4.84. The lowest BCUT2D eigenvalue weighted by Gasteiger charge is -2.41. The third-order valence-electron chi connectivity index (χ3n) is 3.20. The van der Waals surface area contributed by atoms with Crippen LogP contribution in [0.5, 0.6) is 0 Å². The molecule has 1 saturated carbocycles. The number of carboxylic acid groups (broad SMARTS) is 1. The van der Waals surface area contributed by atoms with Crippen molar-refractivity contribution in [3.63, 3.8) is 0 Å². The Morgan fingerprint density at radius 1 is 1.69 bits per heavy atom. The third-order valence-corrected chi connectivity index (χ3v) is 3.20. The minimum Gasteiger partial charge on any atom is -0.480 e. The molecular formula is C10H15NO2. The molecule has 3 nitrogen and oxygen atoms in total. The van der Waals surface area contributed by atoms with Crippen molar-refractivity contribution in [1.29, 1.82) is 0 Å². The average Bonchev–Trinajstić information content (AvgIpc) is 2.42. The van der Waals surface area contributed by atoms with E-state index >= 15 is 0 Å². The topological polar surface area (TPSA) is 49.3 Å². The van der Waals surface area contributed by atoms with Gasteiger partial charge in [0.05, 0.1) is 0 Å². The highest BCUT2D eigenvalue weighted by Crippen LogP contribution is 2.42. The van der Waals surface area contributed by atoms with Crippen LogP contribution in [0, 0.1) is 11.8 Å². The fraction of sp³-hybridized carbons (Fsp3) is 0.700. The smallest absolute Gasteiger partial charge is 0.320 e. The molecule has 0 aromatic carbocycles. The van der Waals surface area contributed by atoms with Crippen LogP contribution >= 0.6 is 0 Å². The third kappa shape index (κ3) is 1.48. The second-order valence-corrected chi connectivity index (χ2v) is 4.07. The zero-order chi connectivity index (χ0) is 9.42. The molecule has 4 atom stereocenters. The number of hydrogen-bond acceptors (Lipinski definition) is 2. The maximum absolute atomic E-state index is 10.6. The van der Waals surface area contributed by atoms with Gasteiger partial charge in [0.15, 0.2) is 0 Å². The van der Waals surface area contributed by atoms with E-state index in [0.29, 0.717) is 12.0 Å². The number of allylic oxidation sites excluding steroid dienone is 1. The molecule has 2 aliphatic rings. The lowest BCUT2D eigenvalue weighted by atomic mass is 9.71. The molecule has 0 amide bonds. The van der Waals surface area contributed by atoms with Crippen LogP contribution in [-0.4, -0.2) is 23.2 Å². The highest BCUT2D eigenvalue weighted by Gasteiger charge is 2.41. The molecule has 0 spiro atoms. The van der Waals surface area contributed by atoms with Crippen LogP contribution in [0.15, 0.2) is 12.2 Å². The summed E-state index contributed by atoms with van der Waals surface area (Å²) in [6, 6.07) is -0.0187. The molecule has 0 heterocycles. The second-order valence-electron chi connectivity index (χ2n) is 4.07. The summed E-state index contributed by atoms with van der Waals surface area (Å²) in [4.78, 5) is 10.6. The van der Waals surface area contributed by atoms with Gasteiger partial charge in [0.1, 0.15) is 6.04 Å². The molecule has 0 radical (unpaired) electrons. The fourth-order valence-corrected chi connectivity index (χ4v) is 2.30. The van der Waals surface area contributed by atoms with Crippen LogP contribution in [-0.2, 0) is 4.79 Å². The average molecular weight is 181 g/mol. The molecule has 13 heavy (non-hydrogen) atoms. The quantitative estimate of drug-likeness (QED) is 0.639. The highest BCUT2D eigenvalue weighted by atomic mass is 16.4. The lowest BCUT2D eigenvalue weighted by molar-refractivity contribution is -0.139. The molecule has 4 unspecified atom stereocenters. The standard InChI is InChI=1S/C10H15NO2/c1-6(10(12)13)11-9-5-7-3-2-4-8(7)9/h2,4,6-9,11H,3,5H2,1H3,(H,12,13). The zero-order valence-electron chi connectivity index (χ0n) is 7.73. The summed E-state index contributed by atoms with van der Waals surface area (Å²) in [5.41, 5.74) is 0. The van der Waals surface area contributed by atoms with Crippen LogP contribution in [0.3, 0.4) is 0 Å². The Balaban J connectivity index is 1.84. The predicted molar refractivity (Wildman–Crippen MR) is 49.4 cm³/mol. The van der Waals surface area contributed by atoms with Gasteiger partial charge in [-0.3, -0.25) is 4.79 Å². The molecule has 0 saturated heterocycles. The lowest BCUT2D eigenvalue weighted by Crippen LogP contribution is -2.52. The summed E-state index contributed by atoms with van der Waals surface area (Å²) in [6.45, 7) is 1.70. The van der Waals surface area contributed by atoms with E-state index in [1.165, 1.54) is 6.42 Å². The number of carboxylic acids is 1. The van der Waals surface area contributed by atoms with E-state index in [4.69, 9.17) is 5.11 Å². The predicted octanol–water partition coefficient (Wildman–Crippen LogP) is 1.01. The first-order valence-electron chi connectivity index (χ1n) is 4.84. The van der Waals surface area contributed by atoms with Gasteiger partial charge in [0.2, 0.25) is 0 Å². The molecule has 0 aromatic rings. The van der Waals surface area contributed by atoms with Crippen molar-refractivity contribution in [2.75, 3.05) is 0 Å². The van der Waals surface area contributed by atoms with Crippen molar-refractivity contribution in [3.05, 3.63) is 12.2 Å². The van der Waals surface area contributed by atoms with Crippen molar-refractivity contribution < 1.29 is 9.90 Å². The van der Waals surface area contributed by atoms with Crippen LogP contribution in [0.1, 0.15) is 19.8 Å². The first-order chi connectivity index (χ1) is 6.18. The molecule has 2 rings (SSSR count). The molecule has 0 aromatic heterocycles. The summed E-state index contributed by atoms with van der Waals surface area (Å²) >= 11 is 0. The first kappa shape index (κ1) is 8.75. The Bertz CT molecular complexity index is 249. The Hall–Kier alpha value is -0.830. The van der Waals surface area contributed by atoms with Crippen molar-refractivity contribution in [2.24, 2.45) is 11.8 Å². The van der Waals surface area contributed by atoms with Gasteiger partial charge in [-0.25, -0.2) is 0 Å². The number of hydrogen-bond donors (Lipinski definition) is 2. The van der Waals surface area contributed by atoms with Crippen molar-refractivity contribution >= 4 is 5.97 Å². The summed E-state index contributed by atoms with van der Waals surface area (Å²) in [5, 5.41) is 11.8. The maximum atomic E-state index is 10.6. The minimum absolute atomic E-state index is 0.398. The normalized spacial score (nSPS) is 38.1. The van der Waals surface area contributed by atoms with Crippen molar-refractivity contribution in [1.82, 2.24) is 5.32 Å². The van der Waals surface area contributed by atoms with Crippen LogP contribution in [0.25, 0.3) is 0 Å². The van der Waals surface area contributed by atoms with Gasteiger partial charge in [0, 0.05) is 6.04 Å². The van der Waals surface area contributed by atoms with Crippen LogP contribution in [0.4, 0.5) is 0 Å². The largest absolute Gasteiger partial charge is 0.480 e. The molecule has 3 heteroatoms. The van der Waals surface area contributed by atoms with E-state index in [0.717, 1.165) is 12.3 Å². The van der Waals surface area contributed by atoms with E-state index in [1.54, 1.807) is 6.92 Å². The zero-order valence-corrected chi connectivity index (χ0v) is 7.73. The molecule has 2 N–H and O–H groups in total. The van der Waals surface area contributed by atoms with Gasteiger partial charge in [-0.05, 0) is 31.6 Å². The Kier molecular flexibility index (Phi) is 2.12. The van der Waals surface area contributed by atoms with Gasteiger partial charge in [-0.1, -0.05) is 12.2 Å². The van der Waals surface area contributed by atoms with Gasteiger partial charge in [-0.15, -0.1) is 0 Å². The SMILES string of the molecule is CC(NC1CC2CC=CC21)C(=O)O. The van der Waals surface area contributed by atoms with Crippen molar-refractivity contribution in [2.45, 2.75) is 31.8 Å². The molecule has 0 bridgehead atoms. The van der Waals surface area contributed by atoms with Gasteiger partial charge in [-0.2, -0.15) is 0 Å². The number of aliphatic carboxylic acids is 1. The number of fused-ring (bicyclic) bond motifs is 1. The molecule has 2 aliphatic carbocycles. The number of nitrogens with one attached hydrogen (secondary N) is 1. The monoisotopic (exact) mass is 181 g/mol. The molecule has 72 valence electrons. The minimum atomic E-state index is -0.759. The van der Waals surface area contributed by atoms with Crippen molar-refractivity contribution in [3.8, 4) is 0 Å². The maximum Gasteiger partial charge on any atom is 0.320 e.